The van der Waals surface area contributed by atoms with Crippen molar-refractivity contribution in [2.24, 2.45) is 0 Å². The number of hydrogen-bond donors (Lipinski definition) is 1. The van der Waals surface area contributed by atoms with Crippen molar-refractivity contribution in [1.29, 1.82) is 0 Å². The van der Waals surface area contributed by atoms with E-state index in [1.165, 1.54) is 0 Å². The average molecular weight is 273 g/mol. The van der Waals surface area contributed by atoms with Crippen molar-refractivity contribution >= 4 is 23.2 Å². The topological polar surface area (TPSA) is 38.7 Å². The summed E-state index contributed by atoms with van der Waals surface area (Å²) >= 11 is 11.8. The van der Waals surface area contributed by atoms with E-state index in [0.717, 1.165) is 25.7 Å². The monoisotopic (exact) mass is 272 g/mol. The van der Waals surface area contributed by atoms with E-state index in [2.05, 4.69) is 0 Å². The summed E-state index contributed by atoms with van der Waals surface area (Å²) in [5.74, 6) is 0. The lowest BCUT2D eigenvalue weighted by molar-refractivity contribution is -0.0625. The number of alkyl halides is 2. The van der Waals surface area contributed by atoms with Crippen LogP contribution in [0.2, 0.25) is 0 Å². The molecular weight excluding hydrogens is 251 g/mol. The number of aliphatic hydroxyl groups excluding tert-OH is 1. The molecule has 0 aromatic carbocycles. The summed E-state index contributed by atoms with van der Waals surface area (Å²) in [4.78, 5) is 0. The predicted octanol–water partition coefficient (Wildman–Crippen LogP) is 3.11. The van der Waals surface area contributed by atoms with Crippen molar-refractivity contribution < 1.29 is 14.6 Å². The van der Waals surface area contributed by atoms with Crippen molar-refractivity contribution in [2.45, 2.75) is 56.8 Å². The Kier molecular flexibility index (Phi) is 10.9. The maximum atomic E-state index is 9.08. The average Bonchev–Trinajstić information content (AvgIpc) is 2.25. The number of aliphatic hydroxyl groups is 1. The molecule has 0 saturated carbocycles. The first-order chi connectivity index (χ1) is 7.63. The zero-order chi connectivity index (χ0) is 12.4. The van der Waals surface area contributed by atoms with E-state index in [4.69, 9.17) is 37.8 Å². The molecule has 0 saturated heterocycles. The third-order valence-electron chi connectivity index (χ3n) is 2.04. The van der Waals surface area contributed by atoms with Gasteiger partial charge in [0.1, 0.15) is 17.2 Å². The molecular formula is C11H22Cl2O3. The zero-order valence-electron chi connectivity index (χ0n) is 9.99. The smallest absolute Gasteiger partial charge is 0.131 e. The predicted molar refractivity (Wildman–Crippen MR) is 67.0 cm³/mol. The van der Waals surface area contributed by atoms with Gasteiger partial charge < -0.3 is 14.6 Å². The number of hydrogen-bond acceptors (Lipinski definition) is 3. The molecule has 16 heavy (non-hydrogen) atoms. The van der Waals surface area contributed by atoms with Gasteiger partial charge in [0.05, 0.1) is 13.2 Å². The molecule has 0 aromatic rings. The van der Waals surface area contributed by atoms with Gasteiger partial charge in [-0.05, 0) is 12.8 Å². The number of ether oxygens (including phenoxy) is 2. The summed E-state index contributed by atoms with van der Waals surface area (Å²) in [7, 11) is 0. The van der Waals surface area contributed by atoms with E-state index < -0.39 is 6.10 Å². The zero-order valence-corrected chi connectivity index (χ0v) is 11.5. The van der Waals surface area contributed by atoms with Gasteiger partial charge in [-0.1, -0.05) is 49.9 Å². The fourth-order valence-corrected chi connectivity index (χ4v) is 1.82. The van der Waals surface area contributed by atoms with Crippen LogP contribution in [-0.4, -0.2) is 35.6 Å². The molecule has 3 nitrogen and oxygen atoms in total. The molecule has 5 heteroatoms. The molecule has 0 bridgehead atoms. The van der Waals surface area contributed by atoms with Gasteiger partial charge >= 0.3 is 0 Å². The van der Waals surface area contributed by atoms with E-state index in [-0.39, 0.29) is 24.3 Å². The molecule has 0 amide bonds. The molecule has 3 unspecified atom stereocenters. The van der Waals surface area contributed by atoms with Crippen LogP contribution >= 0.6 is 23.2 Å². The minimum absolute atomic E-state index is 0.108. The quantitative estimate of drug-likeness (QED) is 0.621. The Bertz CT molecular complexity index is 158. The fraction of sp³-hybridized carbons (Fsp3) is 1.00. The van der Waals surface area contributed by atoms with Gasteiger partial charge in [0.25, 0.3) is 0 Å². The van der Waals surface area contributed by atoms with E-state index in [1.54, 1.807) is 0 Å². The van der Waals surface area contributed by atoms with Gasteiger partial charge in [-0.3, -0.25) is 0 Å². The van der Waals surface area contributed by atoms with Gasteiger partial charge in [0, 0.05) is 0 Å². The van der Waals surface area contributed by atoms with Crippen molar-refractivity contribution in [1.82, 2.24) is 0 Å². The maximum absolute atomic E-state index is 9.08. The number of rotatable bonds is 10. The van der Waals surface area contributed by atoms with Crippen LogP contribution < -0.4 is 0 Å². The van der Waals surface area contributed by atoms with Crippen LogP contribution in [0.4, 0.5) is 0 Å². The van der Waals surface area contributed by atoms with Gasteiger partial charge in [-0.25, -0.2) is 0 Å². The fourth-order valence-electron chi connectivity index (χ4n) is 1.16. The summed E-state index contributed by atoms with van der Waals surface area (Å²) in [5.41, 5.74) is -0.687. The summed E-state index contributed by atoms with van der Waals surface area (Å²) < 4.78 is 10.7. The van der Waals surface area contributed by atoms with Crippen LogP contribution in [-0.2, 0) is 9.47 Å². The Morgan fingerprint density at radius 2 is 1.62 bits per heavy atom. The third kappa shape index (κ3) is 8.59. The minimum Gasteiger partial charge on any atom is -0.394 e. The molecule has 0 fully saturated rings. The first kappa shape index (κ1) is 16.5. The van der Waals surface area contributed by atoms with Crippen molar-refractivity contribution in [3.05, 3.63) is 0 Å². The summed E-state index contributed by atoms with van der Waals surface area (Å²) in [6, 6.07) is 0. The van der Waals surface area contributed by atoms with E-state index >= 15 is 0 Å². The van der Waals surface area contributed by atoms with Crippen molar-refractivity contribution in [3.63, 3.8) is 0 Å². The van der Waals surface area contributed by atoms with Crippen LogP contribution in [0.1, 0.15) is 39.5 Å². The Hall–Kier alpha value is 0.460. The van der Waals surface area contributed by atoms with Crippen LogP contribution in [0.15, 0.2) is 0 Å². The molecule has 0 spiro atoms. The van der Waals surface area contributed by atoms with Crippen molar-refractivity contribution in [2.75, 3.05) is 13.2 Å². The Balaban J connectivity index is 3.73. The van der Waals surface area contributed by atoms with Crippen LogP contribution in [0.3, 0.4) is 0 Å². The van der Waals surface area contributed by atoms with Crippen LogP contribution in [0.5, 0.6) is 0 Å². The lowest BCUT2D eigenvalue weighted by Crippen LogP contribution is -2.28. The highest BCUT2D eigenvalue weighted by Crippen LogP contribution is 2.12. The van der Waals surface area contributed by atoms with Crippen molar-refractivity contribution in [3.8, 4) is 0 Å². The van der Waals surface area contributed by atoms with E-state index in [9.17, 15) is 0 Å². The Morgan fingerprint density at radius 1 is 1.06 bits per heavy atom. The molecule has 0 aromatic heterocycles. The van der Waals surface area contributed by atoms with E-state index in [1.807, 2.05) is 13.8 Å². The Labute approximate surface area is 108 Å². The molecule has 0 rings (SSSR count). The summed E-state index contributed by atoms with van der Waals surface area (Å²) in [6.07, 6.45) is 3.07. The Morgan fingerprint density at radius 3 is 2.12 bits per heavy atom. The van der Waals surface area contributed by atoms with Crippen LogP contribution in [0.25, 0.3) is 0 Å². The second-order valence-corrected chi connectivity index (χ2v) is 4.65. The summed E-state index contributed by atoms with van der Waals surface area (Å²) in [6.45, 7) is 4.23. The second kappa shape index (κ2) is 10.6. The van der Waals surface area contributed by atoms with Gasteiger partial charge in [-0.15, -0.1) is 0 Å². The van der Waals surface area contributed by atoms with E-state index in [0.29, 0.717) is 0 Å². The van der Waals surface area contributed by atoms with Gasteiger partial charge in [0.15, 0.2) is 0 Å². The maximum Gasteiger partial charge on any atom is 0.131 e. The highest BCUT2D eigenvalue weighted by molar-refractivity contribution is 6.19. The molecule has 0 radical (unpaired) electrons. The second-order valence-electron chi connectivity index (χ2n) is 3.67. The summed E-state index contributed by atoms with van der Waals surface area (Å²) in [5, 5.41) is 9.08. The van der Waals surface area contributed by atoms with Gasteiger partial charge in [0.2, 0.25) is 0 Å². The molecule has 1 N–H and O–H groups in total. The normalized spacial score (nSPS) is 17.1. The largest absolute Gasteiger partial charge is 0.394 e. The molecule has 0 heterocycles. The first-order valence-corrected chi connectivity index (χ1v) is 6.67. The van der Waals surface area contributed by atoms with Crippen LogP contribution in [0, 0.1) is 0 Å². The lowest BCUT2D eigenvalue weighted by atomic mass is 10.3. The molecule has 3 atom stereocenters. The number of halogens is 2. The molecule has 98 valence electrons. The highest BCUT2D eigenvalue weighted by Gasteiger charge is 2.15. The SMILES string of the molecule is CCCC(Cl)OCC(CO)OC(Cl)CCC. The highest BCUT2D eigenvalue weighted by atomic mass is 35.5. The van der Waals surface area contributed by atoms with Gasteiger partial charge in [-0.2, -0.15) is 0 Å². The minimum atomic E-state index is -0.396. The lowest BCUT2D eigenvalue weighted by Gasteiger charge is -2.20. The molecule has 0 aliphatic rings. The third-order valence-corrected chi connectivity index (χ3v) is 2.70. The molecule has 0 aliphatic heterocycles. The first-order valence-electron chi connectivity index (χ1n) is 5.80. The molecule has 0 aliphatic carbocycles. The standard InChI is InChI=1S/C11H22Cl2O3/c1-3-5-10(12)15-8-9(7-14)16-11(13)6-4-2/h9-11,14H,3-8H2,1-2H3.